The van der Waals surface area contributed by atoms with Gasteiger partial charge in [0.05, 0.1) is 33.5 Å². The molecule has 0 unspecified atom stereocenters. The Kier molecular flexibility index (Phi) is 15.8. The summed E-state index contributed by atoms with van der Waals surface area (Å²) in [6, 6.07) is 150. The molecular formula is C112H70N8. The number of pyridine rings is 4. The van der Waals surface area contributed by atoms with Crippen molar-refractivity contribution in [3.05, 3.63) is 425 Å². The third kappa shape index (κ3) is 11.2. The number of nitrogens with zero attached hydrogens (tertiary/aromatic N) is 8. The Bertz CT molecular complexity index is 8000. The molecule has 0 aliphatic heterocycles. The van der Waals surface area contributed by atoms with Crippen LogP contribution in [0.25, 0.3) is 199 Å². The van der Waals surface area contributed by atoms with Crippen LogP contribution in [0.4, 0.5) is 34.1 Å². The summed E-state index contributed by atoms with van der Waals surface area (Å²) in [6.07, 6.45) is 4.19. The predicted molar refractivity (Wildman–Crippen MR) is 499 cm³/mol. The van der Waals surface area contributed by atoms with E-state index < -0.39 is 0 Å². The van der Waals surface area contributed by atoms with Crippen LogP contribution in [0.5, 0.6) is 0 Å². The molecule has 0 bridgehead atoms. The normalized spacial score (nSPS) is 11.8. The van der Waals surface area contributed by atoms with Gasteiger partial charge in [0, 0.05) is 68.4 Å². The summed E-state index contributed by atoms with van der Waals surface area (Å²) in [5.74, 6) is 0. The standard InChI is InChI=1S/C112H70N8/c1-4-21-71(22-5-1)73-41-52-82(53-42-73)119(83-56-45-76(46-57-83)88-65-66-95-90-28-11-10-27-89(90)92-33-20-32-91(88)106(92)95)84-58-47-80(48-59-84)108-112-110(116-103-36-17-19-68-118(103)112)98-63-51-81(69-101(98)114-108)75-37-39-78(40-38-75)104-93-29-12-13-30-94(93)105(77-25-8-3-9-26-77)99-70-87(62-64-96(99)104)120(85-54-43-74(44-55-85)72-23-6-2-7-24-72)86-60-49-79(50-61-86)107-111-109(97-31-14-15-34-100(97)113-107)115-102-35-16-18-67-117(102)111/h1-70H. The third-order valence-corrected chi connectivity index (χ3v) is 24.5. The van der Waals surface area contributed by atoms with Crippen molar-refractivity contribution in [2.24, 2.45) is 0 Å². The van der Waals surface area contributed by atoms with Crippen molar-refractivity contribution in [2.75, 3.05) is 9.80 Å². The molecule has 0 N–H and O–H groups in total. The minimum absolute atomic E-state index is 0.856. The molecule has 0 fully saturated rings. The zero-order chi connectivity index (χ0) is 78.9. The van der Waals surface area contributed by atoms with Gasteiger partial charge in [-0.05, 0) is 237 Å². The van der Waals surface area contributed by atoms with E-state index in [4.69, 9.17) is 19.9 Å². The van der Waals surface area contributed by atoms with Gasteiger partial charge in [0.2, 0.25) is 0 Å². The number of aromatic nitrogens is 6. The highest BCUT2D eigenvalue weighted by Gasteiger charge is 2.27. The maximum Gasteiger partial charge on any atom is 0.137 e. The van der Waals surface area contributed by atoms with E-state index in [1.807, 2.05) is 6.07 Å². The maximum absolute atomic E-state index is 5.70. The summed E-state index contributed by atoms with van der Waals surface area (Å²) in [7, 11) is 0. The van der Waals surface area contributed by atoms with Crippen LogP contribution in [0.15, 0.2) is 425 Å². The molecule has 0 saturated heterocycles. The molecule has 1 aliphatic rings. The summed E-state index contributed by atoms with van der Waals surface area (Å²) in [6.45, 7) is 0. The summed E-state index contributed by atoms with van der Waals surface area (Å²) in [4.78, 5) is 26.4. The van der Waals surface area contributed by atoms with Gasteiger partial charge in [-0.3, -0.25) is 8.80 Å². The summed E-state index contributed by atoms with van der Waals surface area (Å²) in [5.41, 5.74) is 36.2. The molecule has 0 saturated carbocycles. The smallest absolute Gasteiger partial charge is 0.137 e. The van der Waals surface area contributed by atoms with E-state index in [2.05, 4.69) is 437 Å². The molecule has 0 spiro atoms. The Morgan fingerprint density at radius 1 is 0.192 bits per heavy atom. The number of para-hydroxylation sites is 1. The van der Waals surface area contributed by atoms with Crippen molar-refractivity contribution in [1.82, 2.24) is 28.7 Å². The average molecular weight is 1530 g/mol. The highest BCUT2D eigenvalue weighted by Crippen LogP contribution is 2.52. The van der Waals surface area contributed by atoms with Crippen LogP contribution in [0, 0.1) is 0 Å². The van der Waals surface area contributed by atoms with E-state index in [1.54, 1.807) is 0 Å². The van der Waals surface area contributed by atoms with Crippen molar-refractivity contribution in [2.45, 2.75) is 0 Å². The van der Waals surface area contributed by atoms with Crippen molar-refractivity contribution < 1.29 is 0 Å². The quantitative estimate of drug-likeness (QED) is 0.101. The minimum Gasteiger partial charge on any atom is -0.311 e. The first-order valence-corrected chi connectivity index (χ1v) is 40.9. The maximum atomic E-state index is 5.70. The number of anilines is 6. The van der Waals surface area contributed by atoms with E-state index >= 15 is 0 Å². The lowest BCUT2D eigenvalue weighted by Gasteiger charge is -2.27. The molecule has 17 aromatic carbocycles. The summed E-state index contributed by atoms with van der Waals surface area (Å²) >= 11 is 0. The van der Waals surface area contributed by atoms with Gasteiger partial charge in [-0.15, -0.1) is 0 Å². The molecule has 8 nitrogen and oxygen atoms in total. The van der Waals surface area contributed by atoms with E-state index in [9.17, 15) is 0 Å². The second-order valence-corrected chi connectivity index (χ2v) is 31.2. The predicted octanol–water partition coefficient (Wildman–Crippen LogP) is 29.8. The van der Waals surface area contributed by atoms with Crippen LogP contribution in [0.3, 0.4) is 0 Å². The average Bonchev–Trinajstić information content (AvgIpc) is 1.50. The van der Waals surface area contributed by atoms with Gasteiger partial charge in [0.25, 0.3) is 0 Å². The second kappa shape index (κ2) is 27.8. The number of hydrogen-bond donors (Lipinski definition) is 0. The Balaban J connectivity index is 0.601. The largest absolute Gasteiger partial charge is 0.311 e. The molecule has 23 aromatic rings. The Morgan fingerprint density at radius 2 is 0.542 bits per heavy atom. The first-order valence-electron chi connectivity index (χ1n) is 40.9. The van der Waals surface area contributed by atoms with Crippen molar-refractivity contribution in [3.8, 4) is 112 Å². The molecule has 0 amide bonds. The van der Waals surface area contributed by atoms with Gasteiger partial charge in [0.1, 0.15) is 22.3 Å². The zero-order valence-electron chi connectivity index (χ0n) is 65.0. The van der Waals surface area contributed by atoms with Gasteiger partial charge in [-0.25, -0.2) is 19.9 Å². The molecule has 0 atom stereocenters. The Hall–Kier alpha value is -16.2. The molecule has 120 heavy (non-hydrogen) atoms. The molecule has 6 heterocycles. The number of benzene rings is 17. The number of fused-ring (bicyclic) bond motifs is 15. The molecular weight excluding hydrogens is 1460 g/mol. The second-order valence-electron chi connectivity index (χ2n) is 31.2. The van der Waals surface area contributed by atoms with E-state index in [0.717, 1.165) is 156 Å². The lowest BCUT2D eigenvalue weighted by molar-refractivity contribution is 1.22. The molecule has 6 aromatic heterocycles. The van der Waals surface area contributed by atoms with Crippen LogP contribution in [-0.2, 0) is 0 Å². The van der Waals surface area contributed by atoms with Crippen LogP contribution in [0.1, 0.15) is 0 Å². The molecule has 558 valence electrons. The molecule has 0 radical (unpaired) electrons. The highest BCUT2D eigenvalue weighted by atomic mass is 15.1. The minimum atomic E-state index is 0.856. The zero-order valence-corrected chi connectivity index (χ0v) is 65.0. The Labute approximate surface area is 692 Å². The van der Waals surface area contributed by atoms with Gasteiger partial charge in [-0.2, -0.15) is 0 Å². The topological polar surface area (TPSA) is 66.9 Å². The van der Waals surface area contributed by atoms with Crippen LogP contribution in [-0.4, -0.2) is 28.7 Å². The van der Waals surface area contributed by atoms with Crippen molar-refractivity contribution in [3.63, 3.8) is 0 Å². The van der Waals surface area contributed by atoms with Gasteiger partial charge < -0.3 is 9.80 Å². The van der Waals surface area contributed by atoms with E-state index in [-0.39, 0.29) is 0 Å². The van der Waals surface area contributed by atoms with Crippen LogP contribution < -0.4 is 9.80 Å². The fourth-order valence-corrected chi connectivity index (χ4v) is 18.9. The lowest BCUT2D eigenvalue weighted by atomic mass is 9.85. The van der Waals surface area contributed by atoms with Crippen molar-refractivity contribution in [1.29, 1.82) is 0 Å². The van der Waals surface area contributed by atoms with Gasteiger partial charge in [0.15, 0.2) is 0 Å². The summed E-state index contributed by atoms with van der Waals surface area (Å²) in [5, 5.41) is 9.26. The number of rotatable bonds is 14. The molecule has 1 aliphatic carbocycles. The molecule has 8 heteroatoms. The van der Waals surface area contributed by atoms with Gasteiger partial charge in [-0.1, -0.05) is 297 Å². The summed E-state index contributed by atoms with van der Waals surface area (Å²) < 4.78 is 4.35. The number of imidazole rings is 2. The SMILES string of the molecule is c1ccc(-c2ccc(N(c3ccc(-c4ccc5c6c(cccc46)-c4ccccc4-5)cc3)c3ccc(-c4nc5cc(-c6ccc(-c7c8ccccc8c(-c8ccccc8)c8cc(N(c9ccc(-c%10ccccc%10)cc9)c9ccc(-c%10nc%11ccccc%11c%11nc%12ccccn%12c%10%11)cc9)ccc78)cc6)ccc5c5nc6ccccn6c45)cc3)cc2)cc1. The lowest BCUT2D eigenvalue weighted by Crippen LogP contribution is -2.10. The molecule has 24 rings (SSSR count). The van der Waals surface area contributed by atoms with E-state index in [1.165, 1.54) is 77.2 Å². The van der Waals surface area contributed by atoms with E-state index in [0.29, 0.717) is 0 Å². The highest BCUT2D eigenvalue weighted by molar-refractivity contribution is 6.23. The fraction of sp³-hybridized carbons (Fsp3) is 0. The Morgan fingerprint density at radius 3 is 1.10 bits per heavy atom. The number of hydrogen-bond acceptors (Lipinski definition) is 6. The van der Waals surface area contributed by atoms with Crippen molar-refractivity contribution >= 4 is 122 Å². The van der Waals surface area contributed by atoms with Crippen LogP contribution in [0.2, 0.25) is 0 Å². The first kappa shape index (κ1) is 68.3. The fourth-order valence-electron chi connectivity index (χ4n) is 18.9. The third-order valence-electron chi connectivity index (χ3n) is 24.5. The van der Waals surface area contributed by atoms with Gasteiger partial charge >= 0.3 is 0 Å². The van der Waals surface area contributed by atoms with Crippen LogP contribution >= 0.6 is 0 Å². The monoisotopic (exact) mass is 1530 g/mol. The first-order chi connectivity index (χ1) is 59.5.